The van der Waals surface area contributed by atoms with E-state index in [-0.39, 0.29) is 41.9 Å². The summed E-state index contributed by atoms with van der Waals surface area (Å²) in [7, 11) is -0.729. The number of aryl methyl sites for hydroxylation is 1. The summed E-state index contributed by atoms with van der Waals surface area (Å²) in [4.78, 5) is 32.3. The van der Waals surface area contributed by atoms with Gasteiger partial charge in [0.15, 0.2) is 5.60 Å². The zero-order chi connectivity index (χ0) is 38.3. The minimum Gasteiger partial charge on any atom is -0.497 e. The van der Waals surface area contributed by atoms with E-state index < -0.39 is 13.7 Å². The molecule has 3 aliphatic rings. The molecule has 2 amide bonds. The monoisotopic (exact) mass is 755 g/mol. The van der Waals surface area contributed by atoms with Crippen molar-refractivity contribution in [2.75, 3.05) is 30.1 Å². The summed E-state index contributed by atoms with van der Waals surface area (Å²) in [6, 6.07) is 34.0. The summed E-state index contributed by atoms with van der Waals surface area (Å²) >= 11 is 0. The second-order valence-electron chi connectivity index (χ2n) is 15.7. The Kier molecular flexibility index (Phi) is 9.95. The first-order valence-electron chi connectivity index (χ1n) is 19.4. The molecule has 1 spiro atoms. The van der Waals surface area contributed by atoms with Crippen LogP contribution in [0.3, 0.4) is 0 Å². The molecule has 3 aliphatic heterocycles. The van der Waals surface area contributed by atoms with Gasteiger partial charge in [-0.25, -0.2) is 0 Å². The van der Waals surface area contributed by atoms with Crippen molar-refractivity contribution >= 4 is 42.1 Å². The topological polar surface area (TPSA) is 110 Å². The van der Waals surface area contributed by atoms with Crippen molar-refractivity contribution in [2.45, 2.75) is 75.4 Å². The molecule has 5 aromatic rings. The molecule has 2 fully saturated rings. The fourth-order valence-corrected chi connectivity index (χ4v) is 13.5. The molecule has 4 heterocycles. The van der Waals surface area contributed by atoms with Crippen molar-refractivity contribution in [1.82, 2.24) is 15.0 Å². The highest BCUT2D eigenvalue weighted by atomic mass is 28.3. The van der Waals surface area contributed by atoms with E-state index in [0.29, 0.717) is 31.6 Å². The third-order valence-electron chi connectivity index (χ3n) is 12.3. The summed E-state index contributed by atoms with van der Waals surface area (Å²) in [6.07, 6.45) is 4.55. The molecule has 5 atom stereocenters. The molecule has 1 N–H and O–H groups in total. The highest BCUT2D eigenvalue weighted by molar-refractivity contribution is 6.91. The number of rotatable bonds is 11. The number of hydrogen-bond donors (Lipinski definition) is 1. The Hall–Kier alpha value is -5.10. The standard InChI is InChI=1S/C44H49N5O5Si/c1-30-42(55(3,4)35-21-19-34(53-2)20-22-35)40(24-26-47-28-38(45-46-47)36(29-50)31-13-7-5-8-14-31)54-44(30)37-27-33(48-25-12-11-17-41(48)51)18-23-39(37)49(43(44)52)32-15-9-6-10-16-32/h5-10,13-16,18-23,27-28,30,36,40,42,50H,11-12,17,24-26,29H2,1-4H3/t30-,36?,40+,42-,44+/m1/s1. The number of ether oxygens (including phenoxy) is 2. The number of amides is 2. The number of aliphatic hydroxyl groups excluding tert-OH is 1. The smallest absolute Gasteiger partial charge is 0.268 e. The number of hydrogen-bond acceptors (Lipinski definition) is 7. The van der Waals surface area contributed by atoms with Crippen LogP contribution in [0.2, 0.25) is 18.6 Å². The maximum atomic E-state index is 15.4. The lowest BCUT2D eigenvalue weighted by Gasteiger charge is -2.37. The third kappa shape index (κ3) is 6.37. The number of anilines is 3. The van der Waals surface area contributed by atoms with Crippen LogP contribution in [0, 0.1) is 5.92 Å². The van der Waals surface area contributed by atoms with Crippen LogP contribution >= 0.6 is 0 Å². The zero-order valence-corrected chi connectivity index (χ0v) is 33.0. The van der Waals surface area contributed by atoms with Gasteiger partial charge in [0.1, 0.15) is 5.75 Å². The van der Waals surface area contributed by atoms with Crippen LogP contribution in [0.15, 0.2) is 109 Å². The first-order valence-corrected chi connectivity index (χ1v) is 22.5. The Labute approximate surface area is 323 Å². The predicted octanol–water partition coefficient (Wildman–Crippen LogP) is 6.91. The fourth-order valence-electron chi connectivity index (χ4n) is 9.47. The van der Waals surface area contributed by atoms with Gasteiger partial charge in [-0.3, -0.25) is 19.2 Å². The first kappa shape index (κ1) is 36.9. The molecule has 2 saturated heterocycles. The van der Waals surface area contributed by atoms with Crippen LogP contribution in [-0.2, 0) is 26.5 Å². The van der Waals surface area contributed by atoms with Gasteiger partial charge in [0, 0.05) is 48.6 Å². The van der Waals surface area contributed by atoms with E-state index in [1.165, 1.54) is 5.19 Å². The number of piperidine rings is 1. The van der Waals surface area contributed by atoms with Gasteiger partial charge >= 0.3 is 0 Å². The van der Waals surface area contributed by atoms with Gasteiger partial charge in [0.05, 0.1) is 45.2 Å². The Morgan fingerprint density at radius 1 is 0.945 bits per heavy atom. The summed E-state index contributed by atoms with van der Waals surface area (Å²) in [5.41, 5.74) is 3.60. The summed E-state index contributed by atoms with van der Waals surface area (Å²) in [5, 5.41) is 20.6. The van der Waals surface area contributed by atoms with Crippen LogP contribution < -0.4 is 19.7 Å². The normalized spacial score (nSPS) is 23.0. The second kappa shape index (κ2) is 14.9. The minimum absolute atomic E-state index is 0.0196. The lowest BCUT2D eigenvalue weighted by molar-refractivity contribution is -0.145. The second-order valence-corrected chi connectivity index (χ2v) is 20.4. The van der Waals surface area contributed by atoms with Crippen LogP contribution in [0.5, 0.6) is 5.75 Å². The number of aromatic nitrogens is 3. The Balaban J connectivity index is 1.21. The average molecular weight is 756 g/mol. The molecule has 0 aliphatic carbocycles. The number of fused-ring (bicyclic) bond motifs is 2. The van der Waals surface area contributed by atoms with Crippen molar-refractivity contribution in [1.29, 1.82) is 0 Å². The van der Waals surface area contributed by atoms with E-state index in [1.54, 1.807) is 7.11 Å². The Morgan fingerprint density at radius 3 is 2.36 bits per heavy atom. The molecule has 0 radical (unpaired) electrons. The summed E-state index contributed by atoms with van der Waals surface area (Å²) in [5.74, 6) is 0.308. The molecule has 0 saturated carbocycles. The van der Waals surface area contributed by atoms with Gasteiger partial charge < -0.3 is 19.5 Å². The molecular formula is C44H49N5O5Si. The molecule has 284 valence electrons. The van der Waals surface area contributed by atoms with Crippen LogP contribution in [0.1, 0.15) is 55.3 Å². The van der Waals surface area contributed by atoms with E-state index in [0.717, 1.165) is 46.8 Å². The maximum absolute atomic E-state index is 15.4. The number of aliphatic hydroxyl groups is 1. The molecule has 1 unspecified atom stereocenters. The minimum atomic E-state index is -2.41. The van der Waals surface area contributed by atoms with Crippen LogP contribution in [0.25, 0.3) is 0 Å². The van der Waals surface area contributed by atoms with Crippen molar-refractivity contribution in [2.24, 2.45) is 5.92 Å². The number of methoxy groups -OCH3 is 1. The maximum Gasteiger partial charge on any atom is 0.268 e. The molecule has 10 nitrogen and oxygen atoms in total. The fraction of sp³-hybridized carbons (Fsp3) is 0.364. The van der Waals surface area contributed by atoms with E-state index in [4.69, 9.17) is 9.47 Å². The number of nitrogens with zero attached hydrogens (tertiary/aromatic N) is 5. The van der Waals surface area contributed by atoms with Gasteiger partial charge in [-0.2, -0.15) is 0 Å². The molecule has 0 bridgehead atoms. The number of carbonyl (C=O) groups is 2. The van der Waals surface area contributed by atoms with Crippen molar-refractivity contribution in [3.63, 3.8) is 0 Å². The lowest BCUT2D eigenvalue weighted by atomic mass is 9.82. The van der Waals surface area contributed by atoms with E-state index >= 15 is 4.79 Å². The zero-order valence-electron chi connectivity index (χ0n) is 32.0. The predicted molar refractivity (Wildman–Crippen MR) is 216 cm³/mol. The van der Waals surface area contributed by atoms with Gasteiger partial charge in [-0.1, -0.05) is 91.1 Å². The van der Waals surface area contributed by atoms with Crippen molar-refractivity contribution in [3.8, 4) is 5.75 Å². The number of carbonyl (C=O) groups excluding carboxylic acids is 2. The Bertz CT molecular complexity index is 2160. The number of benzene rings is 4. The van der Waals surface area contributed by atoms with Gasteiger partial charge in [-0.15, -0.1) is 5.10 Å². The largest absolute Gasteiger partial charge is 0.497 e. The van der Waals surface area contributed by atoms with Gasteiger partial charge in [0.25, 0.3) is 5.91 Å². The van der Waals surface area contributed by atoms with E-state index in [1.807, 2.05) is 106 Å². The van der Waals surface area contributed by atoms with E-state index in [2.05, 4.69) is 48.5 Å². The van der Waals surface area contributed by atoms with Crippen molar-refractivity contribution < 1.29 is 24.2 Å². The molecule has 8 rings (SSSR count). The van der Waals surface area contributed by atoms with E-state index in [9.17, 15) is 9.90 Å². The van der Waals surface area contributed by atoms with Crippen molar-refractivity contribution in [3.05, 3.63) is 126 Å². The highest BCUT2D eigenvalue weighted by Gasteiger charge is 2.66. The molecule has 55 heavy (non-hydrogen) atoms. The average Bonchev–Trinajstić information content (AvgIpc) is 3.87. The summed E-state index contributed by atoms with van der Waals surface area (Å²) < 4.78 is 14.8. The van der Waals surface area contributed by atoms with Crippen LogP contribution in [-0.4, -0.2) is 66.4 Å². The molecule has 11 heteroatoms. The highest BCUT2D eigenvalue weighted by Crippen LogP contribution is 2.61. The third-order valence-corrected chi connectivity index (χ3v) is 16.7. The first-order chi connectivity index (χ1) is 26.7. The molecule has 1 aromatic heterocycles. The van der Waals surface area contributed by atoms with Gasteiger partial charge in [-0.05, 0) is 72.8 Å². The molecular weight excluding hydrogens is 707 g/mol. The summed E-state index contributed by atoms with van der Waals surface area (Å²) in [6.45, 7) is 8.04. The van der Waals surface area contributed by atoms with Gasteiger partial charge in [0.2, 0.25) is 5.91 Å². The Morgan fingerprint density at radius 2 is 1.67 bits per heavy atom. The lowest BCUT2D eigenvalue weighted by Crippen LogP contribution is -2.51. The molecule has 4 aromatic carbocycles. The number of para-hydroxylation sites is 1. The van der Waals surface area contributed by atoms with Crippen LogP contribution in [0.4, 0.5) is 17.1 Å². The SMILES string of the molecule is COc1ccc([Si](C)(C)[C@H]2[C@H](CCn3cc(C(CO)c4ccccc4)nn3)O[C@@]3(C(=O)N(c4ccccc4)c4ccc(N5CCCCC5=O)cc43)[C@@H]2C)cc1. The quantitative estimate of drug-likeness (QED) is 0.146.